The molecule has 0 aliphatic heterocycles. The summed E-state index contributed by atoms with van der Waals surface area (Å²) in [6, 6.07) is 5.11. The zero-order valence-corrected chi connectivity index (χ0v) is 11.6. The fraction of sp³-hybridized carbons (Fsp3) is 0.500. The zero-order chi connectivity index (χ0) is 14.3. The molecule has 0 bridgehead atoms. The minimum absolute atomic E-state index is 0.248. The van der Waals surface area contributed by atoms with Crippen molar-refractivity contribution in [3.63, 3.8) is 0 Å². The van der Waals surface area contributed by atoms with Gasteiger partial charge in [0.05, 0.1) is 24.7 Å². The Morgan fingerprint density at radius 2 is 2.00 bits per heavy atom. The van der Waals surface area contributed by atoms with Crippen LogP contribution in [0, 0.1) is 0 Å². The van der Waals surface area contributed by atoms with Gasteiger partial charge < -0.3 is 15.2 Å². The van der Waals surface area contributed by atoms with Gasteiger partial charge in [0, 0.05) is 6.07 Å². The molecule has 0 saturated heterocycles. The largest absolute Gasteiger partial charge is 0.493 e. The molecule has 0 spiro atoms. The monoisotopic (exact) mass is 289 g/mol. The Morgan fingerprint density at radius 3 is 2.63 bits per heavy atom. The maximum absolute atomic E-state index is 10.5. The number of unbranched alkanes of at least 4 members (excludes halogenated alkanes) is 1. The van der Waals surface area contributed by atoms with E-state index in [2.05, 4.69) is 0 Å². The molecule has 7 heteroatoms. The van der Waals surface area contributed by atoms with Crippen molar-refractivity contribution in [2.24, 2.45) is 0 Å². The highest BCUT2D eigenvalue weighted by Crippen LogP contribution is 2.26. The second kappa shape index (κ2) is 7.20. The Balaban J connectivity index is 2.39. The van der Waals surface area contributed by atoms with Gasteiger partial charge in [-0.3, -0.25) is 4.55 Å². The Kier molecular flexibility index (Phi) is 5.91. The highest BCUT2D eigenvalue weighted by Gasteiger charge is 2.05. The van der Waals surface area contributed by atoms with Gasteiger partial charge in [0.1, 0.15) is 11.5 Å². The highest BCUT2D eigenvalue weighted by atomic mass is 32.2. The maximum Gasteiger partial charge on any atom is 0.264 e. The lowest BCUT2D eigenvalue weighted by molar-refractivity contribution is 0.303. The molecule has 0 unspecified atom stereocenters. The molecular formula is C12H19NO5S. The minimum Gasteiger partial charge on any atom is -0.493 e. The van der Waals surface area contributed by atoms with Gasteiger partial charge in [0.2, 0.25) is 0 Å². The third-order valence-electron chi connectivity index (χ3n) is 2.35. The van der Waals surface area contributed by atoms with Crippen LogP contribution in [0.1, 0.15) is 19.8 Å². The van der Waals surface area contributed by atoms with E-state index in [0.29, 0.717) is 43.2 Å². The van der Waals surface area contributed by atoms with Gasteiger partial charge in [0.25, 0.3) is 10.1 Å². The van der Waals surface area contributed by atoms with Crippen molar-refractivity contribution in [2.75, 3.05) is 24.7 Å². The topological polar surface area (TPSA) is 98.8 Å². The highest BCUT2D eigenvalue weighted by molar-refractivity contribution is 7.85. The molecular weight excluding hydrogens is 270 g/mol. The lowest BCUT2D eigenvalue weighted by Crippen LogP contribution is -2.06. The van der Waals surface area contributed by atoms with Crippen LogP contribution in [0.15, 0.2) is 18.2 Å². The van der Waals surface area contributed by atoms with E-state index in [1.807, 2.05) is 6.92 Å². The Morgan fingerprint density at radius 1 is 1.26 bits per heavy atom. The fourth-order valence-corrected chi connectivity index (χ4v) is 2.03. The third kappa shape index (κ3) is 6.30. The van der Waals surface area contributed by atoms with Crippen LogP contribution < -0.4 is 15.2 Å². The molecule has 0 aromatic heterocycles. The Hall–Kier alpha value is -1.47. The third-order valence-corrected chi connectivity index (χ3v) is 3.15. The standard InChI is InChI=1S/C12H19NO5S/c1-2-17-12-9-10(5-6-11(12)13)18-7-3-4-8-19(14,15)16/h5-6,9H,2-4,7-8,13H2,1H3,(H,14,15,16). The molecule has 0 aliphatic rings. The molecule has 0 atom stereocenters. The molecule has 0 fully saturated rings. The van der Waals surface area contributed by atoms with Crippen LogP contribution in [0.3, 0.4) is 0 Å². The van der Waals surface area contributed by atoms with Gasteiger partial charge in [-0.2, -0.15) is 8.42 Å². The van der Waals surface area contributed by atoms with Crippen molar-refractivity contribution < 1.29 is 22.4 Å². The predicted molar refractivity (Wildman–Crippen MR) is 73.2 cm³/mol. The van der Waals surface area contributed by atoms with Crippen molar-refractivity contribution >= 4 is 15.8 Å². The molecule has 3 N–H and O–H groups in total. The van der Waals surface area contributed by atoms with Gasteiger partial charge >= 0.3 is 0 Å². The minimum atomic E-state index is -3.88. The summed E-state index contributed by atoms with van der Waals surface area (Å²) in [5.41, 5.74) is 6.27. The molecule has 1 rings (SSSR count). The van der Waals surface area contributed by atoms with Crippen LogP contribution in [0.25, 0.3) is 0 Å². The number of ether oxygens (including phenoxy) is 2. The molecule has 108 valence electrons. The summed E-state index contributed by atoms with van der Waals surface area (Å²) in [5, 5.41) is 0. The van der Waals surface area contributed by atoms with E-state index in [1.54, 1.807) is 18.2 Å². The Labute approximate surface area is 113 Å². The first-order chi connectivity index (χ1) is 8.92. The first kappa shape index (κ1) is 15.6. The van der Waals surface area contributed by atoms with Crippen LogP contribution >= 0.6 is 0 Å². The maximum atomic E-state index is 10.5. The van der Waals surface area contributed by atoms with Crippen LogP contribution in [0.5, 0.6) is 11.5 Å². The number of anilines is 1. The number of nitrogens with two attached hydrogens (primary N) is 1. The van der Waals surface area contributed by atoms with Gasteiger partial charge in [-0.1, -0.05) is 0 Å². The summed E-state index contributed by atoms with van der Waals surface area (Å²) in [5.74, 6) is 0.935. The lowest BCUT2D eigenvalue weighted by atomic mass is 10.3. The number of rotatable bonds is 8. The molecule has 1 aromatic rings. The fourth-order valence-electron chi connectivity index (χ4n) is 1.46. The van der Waals surface area contributed by atoms with Crippen molar-refractivity contribution in [2.45, 2.75) is 19.8 Å². The van der Waals surface area contributed by atoms with Crippen molar-refractivity contribution in [3.05, 3.63) is 18.2 Å². The van der Waals surface area contributed by atoms with Crippen LogP contribution in [0.4, 0.5) is 5.69 Å². The normalized spacial score (nSPS) is 11.3. The summed E-state index contributed by atoms with van der Waals surface area (Å²) in [6.07, 6.45) is 0.889. The van der Waals surface area contributed by atoms with E-state index >= 15 is 0 Å². The Bertz CT molecular complexity index is 501. The molecule has 1 aromatic carbocycles. The number of nitrogen functional groups attached to an aromatic ring is 1. The summed E-state index contributed by atoms with van der Waals surface area (Å²) < 4.78 is 40.3. The number of hydrogen-bond acceptors (Lipinski definition) is 5. The van der Waals surface area contributed by atoms with Gasteiger partial charge in [-0.15, -0.1) is 0 Å². The molecule has 0 aliphatic carbocycles. The molecule has 19 heavy (non-hydrogen) atoms. The zero-order valence-electron chi connectivity index (χ0n) is 10.8. The molecule has 0 saturated carbocycles. The summed E-state index contributed by atoms with van der Waals surface area (Å²) >= 11 is 0. The SMILES string of the molecule is CCOc1cc(OCCCCS(=O)(=O)O)ccc1N. The van der Waals surface area contributed by atoms with E-state index in [4.69, 9.17) is 19.8 Å². The van der Waals surface area contributed by atoms with E-state index in [1.165, 1.54) is 0 Å². The predicted octanol–water partition coefficient (Wildman–Crippen LogP) is 1.71. The molecule has 0 amide bonds. The van der Waals surface area contributed by atoms with Crippen LogP contribution in [-0.4, -0.2) is 31.9 Å². The van der Waals surface area contributed by atoms with Crippen LogP contribution in [0.2, 0.25) is 0 Å². The van der Waals surface area contributed by atoms with Crippen molar-refractivity contribution in [3.8, 4) is 11.5 Å². The van der Waals surface area contributed by atoms with E-state index < -0.39 is 10.1 Å². The lowest BCUT2D eigenvalue weighted by Gasteiger charge is -2.10. The molecule has 0 radical (unpaired) electrons. The second-order valence-electron chi connectivity index (χ2n) is 3.97. The summed E-state index contributed by atoms with van der Waals surface area (Å²) in [7, 11) is -3.88. The van der Waals surface area contributed by atoms with Crippen molar-refractivity contribution in [1.29, 1.82) is 0 Å². The van der Waals surface area contributed by atoms with Gasteiger partial charge in [-0.05, 0) is 31.9 Å². The smallest absolute Gasteiger partial charge is 0.264 e. The van der Waals surface area contributed by atoms with Gasteiger partial charge in [0.15, 0.2) is 0 Å². The first-order valence-electron chi connectivity index (χ1n) is 6.02. The second-order valence-corrected chi connectivity index (χ2v) is 5.55. The average molecular weight is 289 g/mol. The molecule has 6 nitrogen and oxygen atoms in total. The van der Waals surface area contributed by atoms with Gasteiger partial charge in [-0.25, -0.2) is 0 Å². The summed E-state index contributed by atoms with van der Waals surface area (Å²) in [6.45, 7) is 2.75. The first-order valence-corrected chi connectivity index (χ1v) is 7.63. The molecule has 0 heterocycles. The van der Waals surface area contributed by atoms with Crippen molar-refractivity contribution in [1.82, 2.24) is 0 Å². The number of hydrogen-bond donors (Lipinski definition) is 2. The van der Waals surface area contributed by atoms with E-state index in [-0.39, 0.29) is 5.75 Å². The quantitative estimate of drug-likeness (QED) is 0.429. The number of benzene rings is 1. The summed E-state index contributed by atoms with van der Waals surface area (Å²) in [4.78, 5) is 0. The van der Waals surface area contributed by atoms with E-state index in [9.17, 15) is 8.42 Å². The van der Waals surface area contributed by atoms with Crippen LogP contribution in [-0.2, 0) is 10.1 Å². The van der Waals surface area contributed by atoms with E-state index in [0.717, 1.165) is 0 Å². The average Bonchev–Trinajstić information content (AvgIpc) is 2.31.